The van der Waals surface area contributed by atoms with Crippen LogP contribution < -0.4 is 21.9 Å². The molecule has 0 bridgehead atoms. The summed E-state index contributed by atoms with van der Waals surface area (Å²) in [6.07, 6.45) is 5.23. The summed E-state index contributed by atoms with van der Waals surface area (Å²) in [5.74, 6) is 0.157. The molecule has 2 heterocycles. The lowest BCUT2D eigenvalue weighted by molar-refractivity contribution is -0.116. The number of Topliss-reactive ketones (excluding diaryl/α,β-unsaturated/α-hetero) is 1. The molecular weight excluding hydrogens is 546 g/mol. The van der Waals surface area contributed by atoms with Gasteiger partial charge in [0.1, 0.15) is 0 Å². The van der Waals surface area contributed by atoms with Gasteiger partial charge >= 0.3 is 11.7 Å². The highest BCUT2D eigenvalue weighted by molar-refractivity contribution is 5.96. The van der Waals surface area contributed by atoms with Crippen molar-refractivity contribution < 1.29 is 14.4 Å². The van der Waals surface area contributed by atoms with Crippen molar-refractivity contribution in [3.8, 4) is 0 Å². The van der Waals surface area contributed by atoms with Crippen molar-refractivity contribution in [3.63, 3.8) is 0 Å². The van der Waals surface area contributed by atoms with Crippen LogP contribution in [0.4, 0.5) is 10.5 Å². The zero-order valence-corrected chi connectivity index (χ0v) is 24.8. The van der Waals surface area contributed by atoms with Crippen LogP contribution in [0.25, 0.3) is 10.9 Å². The number of piperidine rings is 1. The van der Waals surface area contributed by atoms with Crippen molar-refractivity contribution in [2.75, 3.05) is 18.4 Å². The third kappa shape index (κ3) is 6.96. The molecule has 43 heavy (non-hydrogen) atoms. The summed E-state index contributed by atoms with van der Waals surface area (Å²) in [6, 6.07) is 11.9. The summed E-state index contributed by atoms with van der Waals surface area (Å²) in [4.78, 5) is 65.9. The molecular formula is C33H39N5O5. The van der Waals surface area contributed by atoms with E-state index in [9.17, 15) is 24.0 Å². The van der Waals surface area contributed by atoms with Crippen molar-refractivity contribution in [2.45, 2.75) is 65.1 Å². The highest BCUT2D eigenvalue weighted by Gasteiger charge is 2.27. The predicted octanol–water partition coefficient (Wildman–Crippen LogP) is 4.47. The molecule has 10 nitrogen and oxygen atoms in total. The van der Waals surface area contributed by atoms with E-state index < -0.39 is 0 Å². The van der Waals surface area contributed by atoms with Crippen LogP contribution in [0.1, 0.15) is 67.9 Å². The van der Waals surface area contributed by atoms with Gasteiger partial charge in [0.05, 0.1) is 10.9 Å². The van der Waals surface area contributed by atoms with Crippen molar-refractivity contribution in [2.24, 2.45) is 11.8 Å². The van der Waals surface area contributed by atoms with Crippen LogP contribution in [0.15, 0.2) is 64.7 Å². The van der Waals surface area contributed by atoms with Crippen LogP contribution in [0.3, 0.4) is 0 Å². The van der Waals surface area contributed by atoms with Gasteiger partial charge in [-0.3, -0.25) is 23.5 Å². The highest BCUT2D eigenvalue weighted by atomic mass is 16.2. The Kier molecular flexibility index (Phi) is 8.94. The summed E-state index contributed by atoms with van der Waals surface area (Å²) in [5, 5.41) is 6.05. The monoisotopic (exact) mass is 585 g/mol. The second-order valence-electron chi connectivity index (χ2n) is 12.0. The standard InChI is InChI=1S/C33H39N5O5/c1-4-30(40)34-18-22-9-11-25(12-10-22)29(39)16-24-6-5-15-36(19-24)32(42)35-26-13-14-28-27(17-26)31(41)37(20-23-7-8-23)33(43)38(28)21(2)3/h4,9-14,17,21,23-24H,1,5-8,15-16,18-20H2,2-3H3,(H,34,40)(H,35,42). The number of nitrogens with zero attached hydrogens (tertiary/aromatic N) is 3. The Morgan fingerprint density at radius 2 is 1.77 bits per heavy atom. The topological polar surface area (TPSA) is 123 Å². The summed E-state index contributed by atoms with van der Waals surface area (Å²) < 4.78 is 2.98. The number of fused-ring (bicyclic) bond motifs is 1. The molecule has 0 spiro atoms. The molecule has 1 saturated heterocycles. The normalized spacial score (nSPS) is 16.7. The average molecular weight is 586 g/mol. The van der Waals surface area contributed by atoms with Gasteiger partial charge in [0.25, 0.3) is 5.56 Å². The zero-order valence-electron chi connectivity index (χ0n) is 24.8. The molecule has 2 aromatic carbocycles. The van der Waals surface area contributed by atoms with Gasteiger partial charge in [-0.1, -0.05) is 30.8 Å². The number of carbonyl (C=O) groups excluding carboxylic acids is 3. The highest BCUT2D eigenvalue weighted by Crippen LogP contribution is 2.30. The lowest BCUT2D eigenvalue weighted by atomic mass is 9.91. The fourth-order valence-corrected chi connectivity index (χ4v) is 5.75. The van der Waals surface area contributed by atoms with E-state index in [2.05, 4.69) is 17.2 Å². The number of hydrogen-bond donors (Lipinski definition) is 2. The number of hydrogen-bond acceptors (Lipinski definition) is 5. The van der Waals surface area contributed by atoms with E-state index in [0.717, 1.165) is 31.2 Å². The molecule has 2 N–H and O–H groups in total. The van der Waals surface area contributed by atoms with Gasteiger partial charge in [0.15, 0.2) is 5.78 Å². The van der Waals surface area contributed by atoms with Crippen molar-refractivity contribution in [1.29, 1.82) is 0 Å². The van der Waals surface area contributed by atoms with E-state index in [-0.39, 0.29) is 40.9 Å². The maximum Gasteiger partial charge on any atom is 0.331 e. The number of aromatic nitrogens is 2. The third-order valence-corrected chi connectivity index (χ3v) is 8.28. The number of rotatable bonds is 10. The van der Waals surface area contributed by atoms with Gasteiger partial charge in [-0.15, -0.1) is 0 Å². The quantitative estimate of drug-likeness (QED) is 0.269. The van der Waals surface area contributed by atoms with E-state index in [0.29, 0.717) is 60.7 Å². The van der Waals surface area contributed by atoms with Crippen molar-refractivity contribution in [1.82, 2.24) is 19.4 Å². The fourth-order valence-electron chi connectivity index (χ4n) is 5.75. The number of anilines is 1. The maximum absolute atomic E-state index is 13.4. The Morgan fingerprint density at radius 1 is 1.02 bits per heavy atom. The van der Waals surface area contributed by atoms with E-state index in [1.165, 1.54) is 10.6 Å². The molecule has 1 atom stereocenters. The number of benzene rings is 2. The van der Waals surface area contributed by atoms with Gasteiger partial charge in [0.2, 0.25) is 5.91 Å². The van der Waals surface area contributed by atoms with Crippen LogP contribution in [0.2, 0.25) is 0 Å². The molecule has 3 aromatic rings. The number of urea groups is 1. The second-order valence-corrected chi connectivity index (χ2v) is 12.0. The Balaban J connectivity index is 1.24. The Morgan fingerprint density at radius 3 is 2.44 bits per heavy atom. The van der Waals surface area contributed by atoms with E-state index >= 15 is 0 Å². The Bertz CT molecular complexity index is 1670. The van der Waals surface area contributed by atoms with Gasteiger partial charge in [-0.05, 0) is 81.2 Å². The number of nitrogens with one attached hydrogen (secondary N) is 2. The molecule has 2 fully saturated rings. The van der Waals surface area contributed by atoms with Crippen LogP contribution in [-0.4, -0.2) is 44.8 Å². The van der Waals surface area contributed by atoms with E-state index in [1.54, 1.807) is 39.8 Å². The van der Waals surface area contributed by atoms with Gasteiger partial charge in [-0.2, -0.15) is 0 Å². The molecule has 3 amide bonds. The smallest absolute Gasteiger partial charge is 0.331 e. The Hall–Kier alpha value is -4.47. The van der Waals surface area contributed by atoms with E-state index in [4.69, 9.17) is 0 Å². The molecule has 1 aliphatic carbocycles. The van der Waals surface area contributed by atoms with Gasteiger partial charge < -0.3 is 15.5 Å². The predicted molar refractivity (Wildman–Crippen MR) is 166 cm³/mol. The van der Waals surface area contributed by atoms with Crippen LogP contribution >= 0.6 is 0 Å². The lowest BCUT2D eigenvalue weighted by Crippen LogP contribution is -2.43. The minimum atomic E-state index is -0.328. The molecule has 1 aliphatic heterocycles. The Labute approximate surface area is 250 Å². The number of amides is 3. The molecule has 1 saturated carbocycles. The SMILES string of the molecule is C=CC(=O)NCc1ccc(C(=O)CC2CCCN(C(=O)Nc3ccc4c(c3)c(=O)n(CC3CC3)c(=O)n4C(C)C)C2)cc1. The zero-order chi connectivity index (χ0) is 30.7. The first-order valence-corrected chi connectivity index (χ1v) is 15.0. The van der Waals surface area contributed by atoms with Gasteiger partial charge in [0, 0.05) is 49.9 Å². The first-order chi connectivity index (χ1) is 20.6. The molecule has 2 aliphatic rings. The number of carbonyl (C=O) groups is 3. The molecule has 5 rings (SSSR count). The van der Waals surface area contributed by atoms with Crippen molar-refractivity contribution >= 4 is 34.3 Å². The largest absolute Gasteiger partial charge is 0.348 e. The maximum atomic E-state index is 13.4. The molecule has 1 aromatic heterocycles. The average Bonchev–Trinajstić information content (AvgIpc) is 3.83. The van der Waals surface area contributed by atoms with Gasteiger partial charge in [-0.25, -0.2) is 9.59 Å². The van der Waals surface area contributed by atoms with Crippen molar-refractivity contribution in [3.05, 3.63) is 87.1 Å². The first-order valence-electron chi connectivity index (χ1n) is 15.0. The lowest BCUT2D eigenvalue weighted by Gasteiger charge is -2.32. The van der Waals surface area contributed by atoms with Crippen LogP contribution in [0.5, 0.6) is 0 Å². The summed E-state index contributed by atoms with van der Waals surface area (Å²) in [6.45, 7) is 9.08. The minimum Gasteiger partial charge on any atom is -0.348 e. The number of likely N-dealkylation sites (tertiary alicyclic amines) is 1. The van der Waals surface area contributed by atoms with Crippen LogP contribution in [0, 0.1) is 11.8 Å². The number of ketones is 1. The third-order valence-electron chi connectivity index (χ3n) is 8.28. The minimum absolute atomic E-state index is 0.0159. The summed E-state index contributed by atoms with van der Waals surface area (Å²) in [7, 11) is 0. The first kappa shape index (κ1) is 30.0. The molecule has 226 valence electrons. The van der Waals surface area contributed by atoms with E-state index in [1.807, 2.05) is 26.0 Å². The fraction of sp³-hybridized carbons (Fsp3) is 0.424. The van der Waals surface area contributed by atoms with Crippen LogP contribution in [-0.2, 0) is 17.9 Å². The molecule has 10 heteroatoms. The summed E-state index contributed by atoms with van der Waals surface area (Å²) >= 11 is 0. The second kappa shape index (κ2) is 12.8. The molecule has 1 unspecified atom stereocenters. The molecule has 0 radical (unpaired) electrons. The summed E-state index contributed by atoms with van der Waals surface area (Å²) in [5.41, 5.74) is 1.91.